The minimum absolute atomic E-state index is 0.710. The molecule has 4 heteroatoms. The first-order chi connectivity index (χ1) is 7.06. The Morgan fingerprint density at radius 3 is 2.27 bits per heavy atom. The van der Waals surface area contributed by atoms with E-state index in [1.807, 2.05) is 0 Å². The number of rotatable bonds is 7. The molecule has 0 aromatic carbocycles. The standard InChI is InChI=1S/C11H20O3S/c1-3-4-5-6-7-8-9-10-11-14-15(2,12)13/h3-9H2,1-2H3. The molecule has 0 heterocycles. The summed E-state index contributed by atoms with van der Waals surface area (Å²) < 4.78 is 25.3. The van der Waals surface area contributed by atoms with Crippen molar-refractivity contribution in [3.05, 3.63) is 0 Å². The van der Waals surface area contributed by atoms with Gasteiger partial charge in [-0.25, -0.2) is 0 Å². The summed E-state index contributed by atoms with van der Waals surface area (Å²) in [5.74, 6) is 2.68. The van der Waals surface area contributed by atoms with Gasteiger partial charge in [0.15, 0.2) is 0 Å². The Balaban J connectivity index is 3.31. The molecule has 0 radical (unpaired) electrons. The van der Waals surface area contributed by atoms with Crippen molar-refractivity contribution in [2.75, 3.05) is 6.26 Å². The Hall–Kier alpha value is -0.690. The third-order valence-electron chi connectivity index (χ3n) is 1.92. The second kappa shape index (κ2) is 8.60. The first-order valence-corrected chi connectivity index (χ1v) is 7.24. The fourth-order valence-electron chi connectivity index (χ4n) is 1.15. The largest absolute Gasteiger partial charge is 0.328 e. The van der Waals surface area contributed by atoms with Crippen molar-refractivity contribution in [3.8, 4) is 12.0 Å². The van der Waals surface area contributed by atoms with Crippen molar-refractivity contribution >= 4 is 10.1 Å². The molecule has 0 aromatic rings. The van der Waals surface area contributed by atoms with E-state index in [2.05, 4.69) is 23.1 Å². The normalized spacial score (nSPS) is 10.5. The van der Waals surface area contributed by atoms with E-state index in [4.69, 9.17) is 0 Å². The van der Waals surface area contributed by atoms with Gasteiger partial charge in [-0.05, 0) is 6.42 Å². The summed E-state index contributed by atoms with van der Waals surface area (Å²) in [6.45, 7) is 2.19. The van der Waals surface area contributed by atoms with Gasteiger partial charge < -0.3 is 4.18 Å². The van der Waals surface area contributed by atoms with Crippen molar-refractivity contribution in [2.45, 2.75) is 51.9 Å². The minimum atomic E-state index is -3.40. The van der Waals surface area contributed by atoms with Crippen LogP contribution in [-0.4, -0.2) is 14.7 Å². The highest BCUT2D eigenvalue weighted by molar-refractivity contribution is 7.86. The van der Waals surface area contributed by atoms with E-state index in [1.165, 1.54) is 25.7 Å². The summed E-state index contributed by atoms with van der Waals surface area (Å²) in [4.78, 5) is 0. The van der Waals surface area contributed by atoms with Crippen molar-refractivity contribution in [1.82, 2.24) is 0 Å². The van der Waals surface area contributed by atoms with Crippen LogP contribution in [0.25, 0.3) is 0 Å². The summed E-state index contributed by atoms with van der Waals surface area (Å²) in [7, 11) is -3.40. The molecule has 0 N–H and O–H groups in total. The third-order valence-corrected chi connectivity index (χ3v) is 2.31. The van der Waals surface area contributed by atoms with Crippen molar-refractivity contribution < 1.29 is 12.6 Å². The SMILES string of the molecule is CCCCCCCCC#COS(C)(=O)=O. The molecule has 0 saturated heterocycles. The summed E-state index contributed by atoms with van der Waals surface area (Å²) in [6.07, 6.45) is 11.1. The van der Waals surface area contributed by atoms with E-state index in [0.717, 1.165) is 19.1 Å². The molecule has 0 amide bonds. The summed E-state index contributed by atoms with van der Waals surface area (Å²) in [6, 6.07) is 0. The molecule has 0 aliphatic carbocycles. The molecular weight excluding hydrogens is 212 g/mol. The second-order valence-electron chi connectivity index (χ2n) is 3.58. The predicted molar refractivity (Wildman–Crippen MR) is 61.7 cm³/mol. The van der Waals surface area contributed by atoms with Gasteiger partial charge >= 0.3 is 10.1 Å². The average molecular weight is 232 g/mol. The molecule has 0 saturated carbocycles. The van der Waals surface area contributed by atoms with Crippen LogP contribution in [0.5, 0.6) is 0 Å². The van der Waals surface area contributed by atoms with E-state index in [1.54, 1.807) is 0 Å². The highest BCUT2D eigenvalue weighted by Gasteiger charge is 1.95. The highest BCUT2D eigenvalue weighted by Crippen LogP contribution is 2.06. The Kier molecular flexibility index (Phi) is 8.21. The molecular formula is C11H20O3S. The maximum Gasteiger partial charge on any atom is 0.314 e. The molecule has 3 nitrogen and oxygen atoms in total. The van der Waals surface area contributed by atoms with Gasteiger partial charge in [-0.2, -0.15) is 8.42 Å². The van der Waals surface area contributed by atoms with Crippen LogP contribution in [0, 0.1) is 12.0 Å². The van der Waals surface area contributed by atoms with Gasteiger partial charge in [-0.15, -0.1) is 0 Å². The Labute approximate surface area is 93.3 Å². The highest BCUT2D eigenvalue weighted by atomic mass is 32.2. The average Bonchev–Trinajstić information content (AvgIpc) is 2.14. The fourth-order valence-corrected chi connectivity index (χ4v) is 1.36. The topological polar surface area (TPSA) is 43.4 Å². The number of hydrogen-bond donors (Lipinski definition) is 0. The van der Waals surface area contributed by atoms with Gasteiger partial charge in [-0.3, -0.25) is 0 Å². The Bertz CT molecular complexity index is 296. The molecule has 0 unspecified atom stereocenters. The molecule has 88 valence electrons. The smallest absolute Gasteiger partial charge is 0.314 e. The van der Waals surface area contributed by atoms with E-state index in [0.29, 0.717) is 6.42 Å². The fraction of sp³-hybridized carbons (Fsp3) is 0.818. The van der Waals surface area contributed by atoms with Crippen molar-refractivity contribution in [1.29, 1.82) is 0 Å². The van der Waals surface area contributed by atoms with E-state index in [9.17, 15) is 8.42 Å². The first-order valence-electron chi connectivity index (χ1n) is 5.42. The first kappa shape index (κ1) is 14.3. The van der Waals surface area contributed by atoms with Gasteiger partial charge in [0.1, 0.15) is 6.11 Å². The summed E-state index contributed by atoms with van der Waals surface area (Å²) >= 11 is 0. The molecule has 0 bridgehead atoms. The van der Waals surface area contributed by atoms with Crippen LogP contribution >= 0.6 is 0 Å². The maximum atomic E-state index is 10.5. The quantitative estimate of drug-likeness (QED) is 0.385. The molecule has 15 heavy (non-hydrogen) atoms. The predicted octanol–water partition coefficient (Wildman–Crippen LogP) is 2.67. The molecule has 0 spiro atoms. The molecule has 0 aliphatic rings. The zero-order valence-electron chi connectivity index (χ0n) is 9.58. The van der Waals surface area contributed by atoms with Crippen LogP contribution in [-0.2, 0) is 14.3 Å². The van der Waals surface area contributed by atoms with E-state index >= 15 is 0 Å². The Morgan fingerprint density at radius 2 is 1.67 bits per heavy atom. The lowest BCUT2D eigenvalue weighted by atomic mass is 10.1. The zero-order chi connectivity index (χ0) is 11.6. The molecule has 0 aromatic heterocycles. The van der Waals surface area contributed by atoms with Gasteiger partial charge in [0, 0.05) is 6.42 Å². The van der Waals surface area contributed by atoms with Gasteiger partial charge in [0.25, 0.3) is 0 Å². The molecule has 0 fully saturated rings. The third kappa shape index (κ3) is 13.3. The van der Waals surface area contributed by atoms with Crippen LogP contribution in [0.2, 0.25) is 0 Å². The van der Waals surface area contributed by atoms with Gasteiger partial charge in [0.05, 0.1) is 6.26 Å². The monoisotopic (exact) mass is 232 g/mol. The van der Waals surface area contributed by atoms with Crippen LogP contribution in [0.3, 0.4) is 0 Å². The Morgan fingerprint density at radius 1 is 1.07 bits per heavy atom. The lowest BCUT2D eigenvalue weighted by Crippen LogP contribution is -1.96. The lowest BCUT2D eigenvalue weighted by molar-refractivity contribution is 0.471. The van der Waals surface area contributed by atoms with Crippen LogP contribution in [0.1, 0.15) is 51.9 Å². The second-order valence-corrected chi connectivity index (χ2v) is 5.16. The van der Waals surface area contributed by atoms with E-state index < -0.39 is 10.1 Å². The van der Waals surface area contributed by atoms with Crippen LogP contribution < -0.4 is 0 Å². The summed E-state index contributed by atoms with van der Waals surface area (Å²) in [5.41, 5.74) is 0. The van der Waals surface area contributed by atoms with Crippen molar-refractivity contribution in [2.24, 2.45) is 0 Å². The number of unbranched alkanes of at least 4 members (excludes halogenated alkanes) is 6. The van der Waals surface area contributed by atoms with Crippen molar-refractivity contribution in [3.63, 3.8) is 0 Å². The van der Waals surface area contributed by atoms with E-state index in [-0.39, 0.29) is 0 Å². The molecule has 0 aliphatic heterocycles. The zero-order valence-corrected chi connectivity index (χ0v) is 10.4. The van der Waals surface area contributed by atoms with Crippen LogP contribution in [0.15, 0.2) is 0 Å². The molecule has 0 rings (SSSR count). The van der Waals surface area contributed by atoms with Gasteiger partial charge in [0.2, 0.25) is 0 Å². The lowest BCUT2D eigenvalue weighted by Gasteiger charge is -1.96. The maximum absolute atomic E-state index is 10.5. The van der Waals surface area contributed by atoms with Crippen LogP contribution in [0.4, 0.5) is 0 Å². The summed E-state index contributed by atoms with van der Waals surface area (Å²) in [5, 5.41) is 0. The number of hydrogen-bond acceptors (Lipinski definition) is 3. The minimum Gasteiger partial charge on any atom is -0.328 e. The van der Waals surface area contributed by atoms with Gasteiger partial charge in [-0.1, -0.05) is 44.9 Å². The molecule has 0 atom stereocenters.